The number of pyridine rings is 1. The fourth-order valence-electron chi connectivity index (χ4n) is 4.18. The monoisotopic (exact) mass is 467 g/mol. The van der Waals surface area contributed by atoms with Crippen molar-refractivity contribution in [2.75, 3.05) is 18.9 Å². The molecule has 0 saturated heterocycles. The Morgan fingerprint density at radius 2 is 1.77 bits per heavy atom. The Bertz CT molecular complexity index is 1380. The molecule has 0 radical (unpaired) electrons. The highest BCUT2D eigenvalue weighted by atomic mass is 16.1. The highest BCUT2D eigenvalue weighted by molar-refractivity contribution is 6.06. The summed E-state index contributed by atoms with van der Waals surface area (Å²) in [6, 6.07) is 17.1. The number of rotatable bonds is 8. The van der Waals surface area contributed by atoms with Crippen LogP contribution in [0.4, 0.5) is 5.82 Å². The first kappa shape index (κ1) is 24.0. The Morgan fingerprint density at radius 1 is 1.00 bits per heavy atom. The number of hydrogen-bond donors (Lipinski definition) is 2. The molecule has 7 heteroatoms. The number of nitrogens with one attached hydrogen (secondary N) is 2. The van der Waals surface area contributed by atoms with E-state index in [1.54, 1.807) is 26.2 Å². The number of carbonyl (C=O) groups excluding carboxylic acids is 2. The molecule has 0 aliphatic heterocycles. The van der Waals surface area contributed by atoms with E-state index >= 15 is 0 Å². The van der Waals surface area contributed by atoms with Crippen LogP contribution in [0.3, 0.4) is 0 Å². The molecular formula is C28H29N5O2. The van der Waals surface area contributed by atoms with Crippen LogP contribution in [-0.4, -0.2) is 40.2 Å². The van der Waals surface area contributed by atoms with Crippen LogP contribution in [0, 0.1) is 0 Å². The molecule has 2 N–H and O–H groups in total. The van der Waals surface area contributed by atoms with Gasteiger partial charge in [0.25, 0.3) is 5.91 Å². The number of para-hydroxylation sites is 1. The van der Waals surface area contributed by atoms with Crippen LogP contribution in [0.5, 0.6) is 0 Å². The lowest BCUT2D eigenvalue weighted by molar-refractivity contribution is 0.0963. The average molecular weight is 468 g/mol. The van der Waals surface area contributed by atoms with Gasteiger partial charge in [0.15, 0.2) is 5.78 Å². The standard InChI is InChI=1S/C28H29N5O2/c1-5-28(3,23-8-6-7-21-22(27(35)29-4)13-14-30-26(21)23)16-31-25-15-24(32-17-33-25)20-11-9-19(10-12-20)18(2)34/h6-15,17H,5,16H2,1-4H3,(H,29,35)(H,31,32,33). The number of anilines is 1. The predicted molar refractivity (Wildman–Crippen MR) is 139 cm³/mol. The quantitative estimate of drug-likeness (QED) is 0.353. The van der Waals surface area contributed by atoms with Crippen LogP contribution >= 0.6 is 0 Å². The van der Waals surface area contributed by atoms with Crippen LogP contribution < -0.4 is 10.6 Å². The van der Waals surface area contributed by atoms with E-state index in [9.17, 15) is 9.59 Å². The molecule has 1 unspecified atom stereocenters. The summed E-state index contributed by atoms with van der Waals surface area (Å²) in [7, 11) is 1.63. The maximum atomic E-state index is 12.4. The molecule has 2 aromatic heterocycles. The number of carbonyl (C=O) groups is 2. The minimum Gasteiger partial charge on any atom is -0.369 e. The summed E-state index contributed by atoms with van der Waals surface area (Å²) in [6.07, 6.45) is 4.08. The van der Waals surface area contributed by atoms with E-state index in [-0.39, 0.29) is 17.1 Å². The summed E-state index contributed by atoms with van der Waals surface area (Å²) in [5.41, 5.74) is 4.61. The van der Waals surface area contributed by atoms with Gasteiger partial charge in [0.1, 0.15) is 12.1 Å². The first-order chi connectivity index (χ1) is 16.9. The van der Waals surface area contributed by atoms with Crippen molar-refractivity contribution in [1.82, 2.24) is 20.3 Å². The van der Waals surface area contributed by atoms with E-state index in [0.29, 0.717) is 23.5 Å². The molecule has 178 valence electrons. The molecule has 2 heterocycles. The van der Waals surface area contributed by atoms with Crippen molar-refractivity contribution in [2.24, 2.45) is 0 Å². The summed E-state index contributed by atoms with van der Waals surface area (Å²) in [6.45, 7) is 6.50. The Kier molecular flexibility index (Phi) is 6.87. The number of amides is 1. The SMILES string of the molecule is CCC(C)(CNc1cc(-c2ccc(C(C)=O)cc2)ncn1)c1cccc2c(C(=O)NC)ccnc12. The molecule has 0 spiro atoms. The molecule has 4 aromatic rings. The fourth-order valence-corrected chi connectivity index (χ4v) is 4.18. The van der Waals surface area contributed by atoms with Crippen LogP contribution in [-0.2, 0) is 5.41 Å². The second-order valence-corrected chi connectivity index (χ2v) is 8.83. The highest BCUT2D eigenvalue weighted by Gasteiger charge is 2.28. The Balaban J connectivity index is 1.62. The number of benzene rings is 2. The van der Waals surface area contributed by atoms with Crippen molar-refractivity contribution in [3.63, 3.8) is 0 Å². The normalized spacial score (nSPS) is 12.7. The van der Waals surface area contributed by atoms with E-state index in [0.717, 1.165) is 34.1 Å². The third kappa shape index (κ3) is 4.89. The molecule has 4 rings (SSSR count). The van der Waals surface area contributed by atoms with Gasteiger partial charge in [-0.3, -0.25) is 14.6 Å². The first-order valence-electron chi connectivity index (χ1n) is 11.6. The Hall–Kier alpha value is -4.13. The van der Waals surface area contributed by atoms with Crippen molar-refractivity contribution in [1.29, 1.82) is 0 Å². The van der Waals surface area contributed by atoms with E-state index in [1.807, 2.05) is 42.5 Å². The number of ketones is 1. The number of Topliss-reactive ketones (excluding diaryl/α,β-unsaturated/α-hetero) is 1. The molecular weight excluding hydrogens is 438 g/mol. The zero-order valence-corrected chi connectivity index (χ0v) is 20.4. The van der Waals surface area contributed by atoms with Crippen molar-refractivity contribution in [3.8, 4) is 11.3 Å². The topological polar surface area (TPSA) is 96.9 Å². The molecule has 0 fully saturated rings. The van der Waals surface area contributed by atoms with E-state index in [1.165, 1.54) is 6.33 Å². The van der Waals surface area contributed by atoms with Crippen molar-refractivity contribution in [3.05, 3.63) is 83.8 Å². The minimum atomic E-state index is -0.262. The Morgan fingerprint density at radius 3 is 2.46 bits per heavy atom. The summed E-state index contributed by atoms with van der Waals surface area (Å²) in [4.78, 5) is 37.4. The van der Waals surface area contributed by atoms with Gasteiger partial charge in [-0.05, 0) is 25.0 Å². The van der Waals surface area contributed by atoms with Crippen LogP contribution in [0.25, 0.3) is 22.2 Å². The van der Waals surface area contributed by atoms with Gasteiger partial charge in [-0.2, -0.15) is 0 Å². The van der Waals surface area contributed by atoms with Gasteiger partial charge in [0.2, 0.25) is 0 Å². The van der Waals surface area contributed by atoms with Crippen LogP contribution in [0.2, 0.25) is 0 Å². The smallest absolute Gasteiger partial charge is 0.251 e. The number of hydrogen-bond acceptors (Lipinski definition) is 6. The molecule has 0 bridgehead atoms. The van der Waals surface area contributed by atoms with Gasteiger partial charge >= 0.3 is 0 Å². The Labute approximate surface area is 205 Å². The second-order valence-electron chi connectivity index (χ2n) is 8.83. The summed E-state index contributed by atoms with van der Waals surface area (Å²) >= 11 is 0. The zero-order valence-electron chi connectivity index (χ0n) is 20.4. The van der Waals surface area contributed by atoms with Gasteiger partial charge in [-0.25, -0.2) is 9.97 Å². The molecule has 0 aliphatic carbocycles. The van der Waals surface area contributed by atoms with Gasteiger partial charge in [0, 0.05) is 47.8 Å². The first-order valence-corrected chi connectivity index (χ1v) is 11.6. The molecule has 2 aromatic carbocycles. The summed E-state index contributed by atoms with van der Waals surface area (Å²) < 4.78 is 0. The molecule has 1 atom stereocenters. The number of nitrogens with zero attached hydrogens (tertiary/aromatic N) is 3. The van der Waals surface area contributed by atoms with E-state index < -0.39 is 0 Å². The van der Waals surface area contributed by atoms with Gasteiger partial charge < -0.3 is 10.6 Å². The van der Waals surface area contributed by atoms with Gasteiger partial charge in [0.05, 0.1) is 16.8 Å². The van der Waals surface area contributed by atoms with Crippen LogP contribution in [0.15, 0.2) is 67.1 Å². The third-order valence-corrected chi connectivity index (χ3v) is 6.59. The minimum absolute atomic E-state index is 0.0332. The average Bonchev–Trinajstić information content (AvgIpc) is 2.90. The van der Waals surface area contributed by atoms with E-state index in [4.69, 9.17) is 0 Å². The van der Waals surface area contributed by atoms with Crippen molar-refractivity contribution in [2.45, 2.75) is 32.6 Å². The van der Waals surface area contributed by atoms with E-state index in [2.05, 4.69) is 45.5 Å². The van der Waals surface area contributed by atoms with Crippen LogP contribution in [0.1, 0.15) is 53.5 Å². The molecule has 1 amide bonds. The molecule has 0 aliphatic rings. The molecule has 0 saturated carbocycles. The largest absolute Gasteiger partial charge is 0.369 e. The summed E-state index contributed by atoms with van der Waals surface area (Å²) in [5, 5.41) is 7.02. The predicted octanol–water partition coefficient (Wildman–Crippen LogP) is 5.03. The molecule has 35 heavy (non-hydrogen) atoms. The number of fused-ring (bicyclic) bond motifs is 1. The third-order valence-electron chi connectivity index (χ3n) is 6.59. The van der Waals surface area contributed by atoms with Crippen molar-refractivity contribution < 1.29 is 9.59 Å². The lowest BCUT2D eigenvalue weighted by Crippen LogP contribution is -2.31. The second kappa shape index (κ2) is 10.0. The fraction of sp³-hybridized carbons (Fsp3) is 0.250. The molecule has 7 nitrogen and oxygen atoms in total. The van der Waals surface area contributed by atoms with Crippen molar-refractivity contribution >= 4 is 28.4 Å². The lowest BCUT2D eigenvalue weighted by Gasteiger charge is -2.30. The highest BCUT2D eigenvalue weighted by Crippen LogP contribution is 2.34. The van der Waals surface area contributed by atoms with Gasteiger partial charge in [-0.15, -0.1) is 0 Å². The van der Waals surface area contributed by atoms with Gasteiger partial charge in [-0.1, -0.05) is 56.3 Å². The maximum absolute atomic E-state index is 12.4. The summed E-state index contributed by atoms with van der Waals surface area (Å²) in [5.74, 6) is 0.617. The lowest BCUT2D eigenvalue weighted by atomic mass is 9.78. The number of aromatic nitrogens is 3. The zero-order chi connectivity index (χ0) is 25.0. The maximum Gasteiger partial charge on any atom is 0.251 e.